The van der Waals surface area contributed by atoms with E-state index in [0.29, 0.717) is 30.1 Å². The minimum Gasteiger partial charge on any atom is -0.482 e. The Balaban J connectivity index is 1.58. The standard InChI is InChI=1S/C20H22N4O5/c1-20(18(26)27)8-10-24(13-20)19(28)23-15-6-2-3-7-16(15)29-12-17(25)22-14-5-4-9-21-11-14/h2-7,9,11H,8,10,12-13H2,1H3,(H,22,25)(H,23,28)(H,26,27). The van der Waals surface area contributed by atoms with Gasteiger partial charge in [0.2, 0.25) is 0 Å². The van der Waals surface area contributed by atoms with Crippen LogP contribution in [0.2, 0.25) is 0 Å². The van der Waals surface area contributed by atoms with Gasteiger partial charge in [-0.15, -0.1) is 0 Å². The summed E-state index contributed by atoms with van der Waals surface area (Å²) in [6.45, 7) is 1.86. The average Bonchev–Trinajstić information content (AvgIpc) is 3.12. The number of ether oxygens (including phenoxy) is 1. The molecule has 1 aliphatic heterocycles. The van der Waals surface area contributed by atoms with Gasteiger partial charge in [0.15, 0.2) is 6.61 Å². The van der Waals surface area contributed by atoms with E-state index in [1.807, 2.05) is 0 Å². The molecule has 2 heterocycles. The van der Waals surface area contributed by atoms with Crippen LogP contribution < -0.4 is 15.4 Å². The number of amides is 3. The average molecular weight is 398 g/mol. The molecule has 1 unspecified atom stereocenters. The van der Waals surface area contributed by atoms with Crippen LogP contribution in [-0.2, 0) is 9.59 Å². The van der Waals surface area contributed by atoms with Crippen molar-refractivity contribution in [2.75, 3.05) is 30.3 Å². The number of pyridine rings is 1. The summed E-state index contributed by atoms with van der Waals surface area (Å²) in [4.78, 5) is 41.3. The number of benzene rings is 1. The number of carbonyl (C=O) groups is 3. The summed E-state index contributed by atoms with van der Waals surface area (Å²) in [7, 11) is 0. The van der Waals surface area contributed by atoms with E-state index in [-0.39, 0.29) is 19.1 Å². The maximum absolute atomic E-state index is 12.5. The molecule has 0 radical (unpaired) electrons. The molecule has 9 heteroatoms. The fourth-order valence-corrected chi connectivity index (χ4v) is 2.98. The number of carbonyl (C=O) groups excluding carboxylic acids is 2. The maximum atomic E-state index is 12.5. The van der Waals surface area contributed by atoms with E-state index in [0.717, 1.165) is 0 Å². The first kappa shape index (κ1) is 20.1. The van der Waals surface area contributed by atoms with Crippen molar-refractivity contribution in [2.45, 2.75) is 13.3 Å². The number of nitrogens with zero attached hydrogens (tertiary/aromatic N) is 2. The molecular formula is C20H22N4O5. The molecule has 1 fully saturated rings. The molecule has 0 aliphatic carbocycles. The summed E-state index contributed by atoms with van der Waals surface area (Å²) in [5.74, 6) is -0.950. The highest BCUT2D eigenvalue weighted by molar-refractivity contribution is 5.93. The van der Waals surface area contributed by atoms with Crippen LogP contribution in [0, 0.1) is 5.41 Å². The summed E-state index contributed by atoms with van der Waals surface area (Å²) in [6.07, 6.45) is 3.51. The second kappa shape index (κ2) is 8.59. The van der Waals surface area contributed by atoms with Gasteiger partial charge in [-0.05, 0) is 37.6 Å². The monoisotopic (exact) mass is 398 g/mol. The lowest BCUT2D eigenvalue weighted by Gasteiger charge is -2.21. The van der Waals surface area contributed by atoms with Gasteiger partial charge in [-0.2, -0.15) is 0 Å². The van der Waals surface area contributed by atoms with Crippen LogP contribution >= 0.6 is 0 Å². The van der Waals surface area contributed by atoms with E-state index in [9.17, 15) is 19.5 Å². The number of urea groups is 1. The number of anilines is 2. The molecule has 1 saturated heterocycles. The Morgan fingerprint density at radius 1 is 1.21 bits per heavy atom. The van der Waals surface area contributed by atoms with Crippen LogP contribution in [0.5, 0.6) is 5.75 Å². The molecule has 1 aliphatic rings. The number of hydrogen-bond donors (Lipinski definition) is 3. The molecule has 3 amide bonds. The van der Waals surface area contributed by atoms with Gasteiger partial charge >= 0.3 is 12.0 Å². The van der Waals surface area contributed by atoms with Gasteiger partial charge < -0.3 is 25.4 Å². The molecule has 3 rings (SSSR count). The molecular weight excluding hydrogens is 376 g/mol. The number of rotatable bonds is 6. The SMILES string of the molecule is CC1(C(=O)O)CCN(C(=O)Nc2ccccc2OCC(=O)Nc2cccnc2)C1. The van der Waals surface area contributed by atoms with Crippen LogP contribution in [0.1, 0.15) is 13.3 Å². The molecule has 152 valence electrons. The Morgan fingerprint density at radius 2 is 2.00 bits per heavy atom. The van der Waals surface area contributed by atoms with E-state index in [2.05, 4.69) is 15.6 Å². The lowest BCUT2D eigenvalue weighted by molar-refractivity contribution is -0.147. The molecule has 9 nitrogen and oxygen atoms in total. The number of aromatic nitrogens is 1. The van der Waals surface area contributed by atoms with Gasteiger partial charge in [-0.25, -0.2) is 4.79 Å². The molecule has 0 saturated carbocycles. The Hall–Kier alpha value is -3.62. The highest BCUT2D eigenvalue weighted by Crippen LogP contribution is 2.31. The molecule has 0 bridgehead atoms. The summed E-state index contributed by atoms with van der Waals surface area (Å²) in [6, 6.07) is 9.74. The Bertz CT molecular complexity index is 905. The largest absolute Gasteiger partial charge is 0.482 e. The minimum atomic E-state index is -0.947. The quantitative estimate of drug-likeness (QED) is 0.687. The molecule has 2 aromatic rings. The van der Waals surface area contributed by atoms with Crippen molar-refractivity contribution >= 4 is 29.3 Å². The lowest BCUT2D eigenvalue weighted by atomic mass is 9.90. The van der Waals surface area contributed by atoms with E-state index >= 15 is 0 Å². The summed E-state index contributed by atoms with van der Waals surface area (Å²) < 4.78 is 5.55. The Morgan fingerprint density at radius 3 is 2.69 bits per heavy atom. The summed E-state index contributed by atoms with van der Waals surface area (Å²) >= 11 is 0. The molecule has 3 N–H and O–H groups in total. The van der Waals surface area contributed by atoms with E-state index in [1.54, 1.807) is 49.5 Å². The Labute approximate surface area is 167 Å². The number of para-hydroxylation sites is 2. The number of hydrogen-bond acceptors (Lipinski definition) is 5. The Kier molecular flexibility index (Phi) is 5.96. The highest BCUT2D eigenvalue weighted by Gasteiger charge is 2.42. The first-order chi connectivity index (χ1) is 13.9. The van der Waals surface area contributed by atoms with E-state index in [4.69, 9.17) is 4.74 Å². The first-order valence-electron chi connectivity index (χ1n) is 9.08. The zero-order valence-electron chi connectivity index (χ0n) is 15.9. The normalized spacial score (nSPS) is 18.2. The second-order valence-corrected chi connectivity index (χ2v) is 7.04. The van der Waals surface area contributed by atoms with Gasteiger partial charge in [0.1, 0.15) is 5.75 Å². The molecule has 1 atom stereocenters. The maximum Gasteiger partial charge on any atom is 0.321 e. The molecule has 0 spiro atoms. The zero-order chi connectivity index (χ0) is 20.9. The molecule has 29 heavy (non-hydrogen) atoms. The van der Waals surface area contributed by atoms with Crippen molar-refractivity contribution in [3.63, 3.8) is 0 Å². The number of aliphatic carboxylic acids is 1. The van der Waals surface area contributed by atoms with E-state index in [1.165, 1.54) is 11.1 Å². The van der Waals surface area contributed by atoms with Crippen molar-refractivity contribution in [3.8, 4) is 5.75 Å². The van der Waals surface area contributed by atoms with Crippen LogP contribution in [0.4, 0.5) is 16.2 Å². The predicted octanol–water partition coefficient (Wildman–Crippen LogP) is 2.43. The predicted molar refractivity (Wildman–Crippen MR) is 106 cm³/mol. The summed E-state index contributed by atoms with van der Waals surface area (Å²) in [5.41, 5.74) is 0.00591. The second-order valence-electron chi connectivity index (χ2n) is 7.04. The van der Waals surface area contributed by atoms with Crippen molar-refractivity contribution < 1.29 is 24.2 Å². The van der Waals surface area contributed by atoms with Crippen molar-refractivity contribution in [1.29, 1.82) is 0 Å². The van der Waals surface area contributed by atoms with Gasteiger partial charge in [0.25, 0.3) is 5.91 Å². The van der Waals surface area contributed by atoms with Crippen LogP contribution in [-0.4, -0.2) is 52.6 Å². The molecule has 1 aromatic carbocycles. The minimum absolute atomic E-state index is 0.130. The van der Waals surface area contributed by atoms with Gasteiger partial charge in [0, 0.05) is 19.3 Å². The van der Waals surface area contributed by atoms with Crippen molar-refractivity contribution in [3.05, 3.63) is 48.8 Å². The number of nitrogens with one attached hydrogen (secondary N) is 2. The third kappa shape index (κ3) is 5.01. The number of carboxylic acid groups (broad SMARTS) is 1. The van der Waals surface area contributed by atoms with Crippen LogP contribution in [0.25, 0.3) is 0 Å². The van der Waals surface area contributed by atoms with Gasteiger partial charge in [-0.3, -0.25) is 14.6 Å². The van der Waals surface area contributed by atoms with Gasteiger partial charge in [0.05, 0.1) is 23.0 Å². The van der Waals surface area contributed by atoms with Crippen molar-refractivity contribution in [2.24, 2.45) is 5.41 Å². The first-order valence-corrected chi connectivity index (χ1v) is 9.08. The zero-order valence-corrected chi connectivity index (χ0v) is 15.9. The smallest absolute Gasteiger partial charge is 0.321 e. The van der Waals surface area contributed by atoms with Crippen molar-refractivity contribution in [1.82, 2.24) is 9.88 Å². The van der Waals surface area contributed by atoms with Crippen LogP contribution in [0.15, 0.2) is 48.8 Å². The van der Waals surface area contributed by atoms with Crippen LogP contribution in [0.3, 0.4) is 0 Å². The van der Waals surface area contributed by atoms with Gasteiger partial charge in [-0.1, -0.05) is 12.1 Å². The third-order valence-corrected chi connectivity index (χ3v) is 4.71. The number of carboxylic acids is 1. The molecule has 1 aromatic heterocycles. The summed E-state index contributed by atoms with van der Waals surface area (Å²) in [5, 5.41) is 14.7. The fourth-order valence-electron chi connectivity index (χ4n) is 2.98. The highest BCUT2D eigenvalue weighted by atomic mass is 16.5. The fraction of sp³-hybridized carbons (Fsp3) is 0.300. The van der Waals surface area contributed by atoms with E-state index < -0.39 is 17.4 Å². The lowest BCUT2D eigenvalue weighted by Crippen LogP contribution is -2.37. The topological polar surface area (TPSA) is 121 Å². The third-order valence-electron chi connectivity index (χ3n) is 4.71. The number of likely N-dealkylation sites (tertiary alicyclic amines) is 1.